The van der Waals surface area contributed by atoms with Gasteiger partial charge in [0.1, 0.15) is 24.7 Å². The Bertz CT molecular complexity index is 2540. The van der Waals surface area contributed by atoms with Crippen molar-refractivity contribution in [3.63, 3.8) is 0 Å². The minimum atomic E-state index is -1.26. The lowest BCUT2D eigenvalue weighted by atomic mass is 9.79. The third-order valence-corrected chi connectivity index (χ3v) is 13.6. The van der Waals surface area contributed by atoms with Crippen LogP contribution in [0.2, 0.25) is 5.02 Å². The van der Waals surface area contributed by atoms with Crippen LogP contribution in [-0.2, 0) is 22.6 Å². The molecule has 3 aliphatic rings. The Morgan fingerprint density at radius 1 is 0.952 bits per heavy atom. The lowest BCUT2D eigenvalue weighted by Gasteiger charge is -2.32. The number of pyridine rings is 1. The number of hydrogen-bond acceptors (Lipinski definition) is 13. The standard InChI is InChI=1S/C48H52ClN7O6S/c1-31-37(14-15-39(44(31)49)60-27-22-55-20-18-54(2)19-21-55)42-43-41(29-51-45(42)32-7-5-8-32)63-53-47(43)62-40(48(57)58)28-34-6-3-4-9-38(34)61-30-35-16-17-50-46(52-35)33-10-12-36(13-11-33)56-23-25-59-26-24-56/h3-4,6,9-17,29,32,40H,5,7-8,18-28,30H2,1-2H3,(H,57,58). The second-order valence-corrected chi connectivity index (χ2v) is 17.7. The maximum absolute atomic E-state index is 13.0. The van der Waals surface area contributed by atoms with E-state index in [0.717, 1.165) is 122 Å². The van der Waals surface area contributed by atoms with E-state index < -0.39 is 12.1 Å². The van der Waals surface area contributed by atoms with Crippen LogP contribution in [0, 0.1) is 6.92 Å². The zero-order valence-electron chi connectivity index (χ0n) is 35.7. The molecule has 63 heavy (non-hydrogen) atoms. The molecule has 0 amide bonds. The van der Waals surface area contributed by atoms with Crippen LogP contribution in [0.5, 0.6) is 17.4 Å². The Morgan fingerprint density at radius 3 is 2.51 bits per heavy atom. The Hall–Kier alpha value is -5.38. The zero-order chi connectivity index (χ0) is 43.3. The fourth-order valence-corrected chi connectivity index (χ4v) is 9.32. The summed E-state index contributed by atoms with van der Waals surface area (Å²) in [6.45, 7) is 10.9. The van der Waals surface area contributed by atoms with E-state index in [1.54, 1.807) is 6.20 Å². The summed E-state index contributed by atoms with van der Waals surface area (Å²) in [6, 6.07) is 21.5. The Kier molecular flexibility index (Phi) is 13.3. The van der Waals surface area contributed by atoms with E-state index in [1.165, 1.54) is 11.5 Å². The van der Waals surface area contributed by atoms with E-state index in [4.69, 9.17) is 44.9 Å². The molecule has 5 heterocycles. The fraction of sp³-hybridized carbons (Fsp3) is 0.396. The summed E-state index contributed by atoms with van der Waals surface area (Å²) in [4.78, 5) is 34.4. The first-order chi connectivity index (χ1) is 30.8. The SMILES string of the molecule is Cc1c(-c2c(C3CCC3)ncc3snc(OC(Cc4ccccc4OCc4ccnc(-c5ccc(N6CCOCC6)cc5)n4)C(=O)O)c23)ccc(OCCN2CCN(C)CC2)c1Cl. The number of likely N-dealkylation sites (N-methyl/N-ethyl adjacent to an activating group) is 1. The summed E-state index contributed by atoms with van der Waals surface area (Å²) in [5.41, 5.74) is 7.01. The van der Waals surface area contributed by atoms with Gasteiger partial charge in [-0.25, -0.2) is 14.8 Å². The van der Waals surface area contributed by atoms with Crippen molar-refractivity contribution in [3.05, 3.63) is 107 Å². The summed E-state index contributed by atoms with van der Waals surface area (Å²) in [5, 5.41) is 11.9. The highest BCUT2D eigenvalue weighted by Gasteiger charge is 2.31. The largest absolute Gasteiger partial charge is 0.491 e. The molecule has 0 spiro atoms. The molecule has 1 saturated carbocycles. The molecule has 3 fully saturated rings. The number of aliphatic carboxylic acids is 1. The summed E-state index contributed by atoms with van der Waals surface area (Å²) in [6.07, 6.45) is 5.50. The molecule has 328 valence electrons. The van der Waals surface area contributed by atoms with Crippen molar-refractivity contribution >= 4 is 44.9 Å². The van der Waals surface area contributed by atoms with Gasteiger partial charge >= 0.3 is 5.97 Å². The molecular weight excluding hydrogens is 838 g/mol. The molecule has 2 saturated heterocycles. The number of hydrogen-bond donors (Lipinski definition) is 1. The molecule has 2 aliphatic heterocycles. The first-order valence-electron chi connectivity index (χ1n) is 21.8. The summed E-state index contributed by atoms with van der Waals surface area (Å²) in [7, 11) is 2.15. The van der Waals surface area contributed by atoms with Crippen molar-refractivity contribution in [2.24, 2.45) is 0 Å². The van der Waals surface area contributed by atoms with Crippen LogP contribution in [0.4, 0.5) is 5.69 Å². The van der Waals surface area contributed by atoms with E-state index in [2.05, 4.69) is 38.9 Å². The Morgan fingerprint density at radius 2 is 1.75 bits per heavy atom. The number of aromatic nitrogens is 4. The van der Waals surface area contributed by atoms with Gasteiger partial charge < -0.3 is 33.9 Å². The van der Waals surface area contributed by atoms with Crippen molar-refractivity contribution < 1.29 is 28.8 Å². The first kappa shape index (κ1) is 42.9. The van der Waals surface area contributed by atoms with Gasteiger partial charge in [-0.15, -0.1) is 0 Å². The number of benzene rings is 3. The second kappa shape index (κ2) is 19.6. The molecule has 13 nitrogen and oxygen atoms in total. The van der Waals surface area contributed by atoms with Gasteiger partial charge in [-0.3, -0.25) is 9.88 Å². The van der Waals surface area contributed by atoms with Gasteiger partial charge in [-0.2, -0.15) is 4.37 Å². The summed E-state index contributed by atoms with van der Waals surface area (Å²) >= 11 is 8.33. The predicted molar refractivity (Wildman–Crippen MR) is 246 cm³/mol. The maximum Gasteiger partial charge on any atom is 0.345 e. The van der Waals surface area contributed by atoms with E-state index >= 15 is 0 Å². The number of halogens is 1. The molecule has 0 bridgehead atoms. The smallest absolute Gasteiger partial charge is 0.345 e. The van der Waals surface area contributed by atoms with Gasteiger partial charge in [0.2, 0.25) is 12.0 Å². The quantitative estimate of drug-likeness (QED) is 0.100. The molecule has 1 aliphatic carbocycles. The number of carboxylic acid groups (broad SMARTS) is 1. The minimum Gasteiger partial charge on any atom is -0.491 e. The molecule has 1 unspecified atom stereocenters. The normalized spacial score (nSPS) is 16.8. The Balaban J connectivity index is 0.929. The zero-order valence-corrected chi connectivity index (χ0v) is 37.2. The van der Waals surface area contributed by atoms with Crippen molar-refractivity contribution in [1.82, 2.24) is 29.1 Å². The van der Waals surface area contributed by atoms with Crippen LogP contribution in [0.25, 0.3) is 32.6 Å². The van der Waals surface area contributed by atoms with E-state index in [-0.39, 0.29) is 24.8 Å². The monoisotopic (exact) mass is 889 g/mol. The molecule has 15 heteroatoms. The van der Waals surface area contributed by atoms with Crippen LogP contribution >= 0.6 is 23.1 Å². The molecule has 1 N–H and O–H groups in total. The number of carboxylic acids is 1. The second-order valence-electron chi connectivity index (χ2n) is 16.5. The van der Waals surface area contributed by atoms with Crippen molar-refractivity contribution in [2.45, 2.75) is 51.2 Å². The van der Waals surface area contributed by atoms with Crippen LogP contribution in [0.15, 0.2) is 79.1 Å². The summed E-state index contributed by atoms with van der Waals surface area (Å²) < 4.78 is 30.0. The van der Waals surface area contributed by atoms with Gasteiger partial charge in [0.05, 0.1) is 39.7 Å². The highest BCUT2D eigenvalue weighted by atomic mass is 35.5. The van der Waals surface area contributed by atoms with Crippen molar-refractivity contribution in [2.75, 3.05) is 77.6 Å². The predicted octanol–water partition coefficient (Wildman–Crippen LogP) is 8.16. The van der Waals surface area contributed by atoms with Crippen molar-refractivity contribution in [3.8, 4) is 39.9 Å². The average Bonchev–Trinajstić information content (AvgIpc) is 3.70. The molecule has 0 radical (unpaired) electrons. The fourth-order valence-electron chi connectivity index (χ4n) is 8.41. The molecule has 1 atom stereocenters. The molecule has 3 aromatic heterocycles. The van der Waals surface area contributed by atoms with Crippen LogP contribution < -0.4 is 19.1 Å². The highest BCUT2D eigenvalue weighted by Crippen LogP contribution is 2.48. The van der Waals surface area contributed by atoms with E-state index in [9.17, 15) is 9.90 Å². The lowest BCUT2D eigenvalue weighted by Crippen LogP contribution is -2.45. The maximum atomic E-state index is 13.0. The van der Waals surface area contributed by atoms with Gasteiger partial charge in [0.25, 0.3) is 0 Å². The van der Waals surface area contributed by atoms with E-state index in [0.29, 0.717) is 40.2 Å². The summed E-state index contributed by atoms with van der Waals surface area (Å²) in [5.74, 6) is 1.19. The molecule has 6 aromatic rings. The average molecular weight is 891 g/mol. The number of para-hydroxylation sites is 1. The van der Waals surface area contributed by atoms with E-state index in [1.807, 2.05) is 67.7 Å². The topological polar surface area (TPSA) is 136 Å². The number of carbonyl (C=O) groups is 1. The number of ether oxygens (including phenoxy) is 4. The minimum absolute atomic E-state index is 0.0377. The molecule has 3 aromatic carbocycles. The number of rotatable bonds is 16. The number of piperazine rings is 1. The molecule has 9 rings (SSSR count). The molecular formula is C48H52ClN7O6S. The van der Waals surface area contributed by atoms with Gasteiger partial charge in [-0.05, 0) is 97.5 Å². The highest BCUT2D eigenvalue weighted by molar-refractivity contribution is 7.13. The number of morpholine rings is 1. The van der Waals surface area contributed by atoms with Crippen LogP contribution in [0.3, 0.4) is 0 Å². The number of anilines is 1. The van der Waals surface area contributed by atoms with Gasteiger partial charge in [0, 0.05) is 87.4 Å². The number of fused-ring (bicyclic) bond motifs is 1. The van der Waals surface area contributed by atoms with Gasteiger partial charge in [-0.1, -0.05) is 42.3 Å². The number of nitrogens with zero attached hydrogens (tertiary/aromatic N) is 7. The van der Waals surface area contributed by atoms with Crippen molar-refractivity contribution in [1.29, 1.82) is 0 Å². The first-order valence-corrected chi connectivity index (χ1v) is 22.9. The third-order valence-electron chi connectivity index (χ3n) is 12.4. The lowest BCUT2D eigenvalue weighted by molar-refractivity contribution is -0.145. The van der Waals surface area contributed by atoms with Crippen LogP contribution in [-0.4, -0.2) is 119 Å². The Labute approximate surface area is 376 Å². The van der Waals surface area contributed by atoms with Gasteiger partial charge in [0.15, 0.2) is 5.82 Å². The van der Waals surface area contributed by atoms with Crippen LogP contribution in [0.1, 0.15) is 47.7 Å². The third kappa shape index (κ3) is 9.75.